The quantitative estimate of drug-likeness (QED) is 0.479. The van der Waals surface area contributed by atoms with E-state index in [4.69, 9.17) is 5.11 Å². The normalized spacial score (nSPS) is 10.1. The molecule has 0 atom stereocenters. The predicted octanol–water partition coefficient (Wildman–Crippen LogP) is 1.98. The molecule has 0 aromatic rings. The Morgan fingerprint density at radius 3 is 2.70 bits per heavy atom. The molecule has 0 saturated carbocycles. The summed E-state index contributed by atoms with van der Waals surface area (Å²) in [6.07, 6.45) is 4.42. The fourth-order valence-corrected chi connectivity index (χ4v) is 0.514. The van der Waals surface area contributed by atoms with Gasteiger partial charge in [-0.2, -0.15) is 0 Å². The molecule has 0 spiro atoms. The Morgan fingerprint density at radius 2 is 2.30 bits per heavy atom. The highest BCUT2D eigenvalue weighted by atomic mass is 16.4. The first-order valence-corrected chi connectivity index (χ1v) is 3.17. The van der Waals surface area contributed by atoms with Gasteiger partial charge in [-0.3, -0.25) is 0 Å². The molecule has 0 heterocycles. The van der Waals surface area contributed by atoms with Crippen LogP contribution in [0.15, 0.2) is 24.3 Å². The summed E-state index contributed by atoms with van der Waals surface area (Å²) in [5.74, 6) is -0.887. The Balaban J connectivity index is 3.36. The van der Waals surface area contributed by atoms with Crippen LogP contribution in [0.5, 0.6) is 0 Å². The summed E-state index contributed by atoms with van der Waals surface area (Å²) in [5, 5.41) is 8.17. The van der Waals surface area contributed by atoms with E-state index in [2.05, 4.69) is 6.58 Å². The molecule has 10 heavy (non-hydrogen) atoms. The number of aliphatic carboxylic acids is 1. The summed E-state index contributed by atoms with van der Waals surface area (Å²) in [7, 11) is 0. The second kappa shape index (κ2) is 4.79. The van der Waals surface area contributed by atoms with Gasteiger partial charge in [0.1, 0.15) is 0 Å². The number of hydrogen-bond donors (Lipinski definition) is 1. The van der Waals surface area contributed by atoms with Gasteiger partial charge in [-0.15, -0.1) is 6.58 Å². The molecule has 2 nitrogen and oxygen atoms in total. The van der Waals surface area contributed by atoms with Crippen LogP contribution < -0.4 is 0 Å². The largest absolute Gasteiger partial charge is 0.478 e. The van der Waals surface area contributed by atoms with Crippen molar-refractivity contribution in [2.75, 3.05) is 0 Å². The minimum atomic E-state index is -0.887. The molecule has 0 amide bonds. The lowest BCUT2D eigenvalue weighted by atomic mass is 10.2. The van der Waals surface area contributed by atoms with Crippen LogP contribution in [0.3, 0.4) is 0 Å². The first-order valence-electron chi connectivity index (χ1n) is 3.17. The van der Waals surface area contributed by atoms with Gasteiger partial charge < -0.3 is 5.11 Å². The molecule has 0 unspecified atom stereocenters. The van der Waals surface area contributed by atoms with Crippen molar-refractivity contribution in [2.45, 2.75) is 19.8 Å². The Hall–Kier alpha value is -1.05. The van der Waals surface area contributed by atoms with Gasteiger partial charge in [0.2, 0.25) is 0 Å². The summed E-state index contributed by atoms with van der Waals surface area (Å²) >= 11 is 0. The number of hydrogen-bond acceptors (Lipinski definition) is 1. The van der Waals surface area contributed by atoms with Gasteiger partial charge in [0.15, 0.2) is 0 Å². The third-order valence-corrected chi connectivity index (χ3v) is 0.998. The van der Waals surface area contributed by atoms with Crippen LogP contribution in [0.25, 0.3) is 0 Å². The molecular formula is C8H12O2. The number of carboxylic acids is 1. The van der Waals surface area contributed by atoms with E-state index in [1.54, 1.807) is 6.08 Å². The van der Waals surface area contributed by atoms with Crippen LogP contribution >= 0.6 is 0 Å². The van der Waals surface area contributed by atoms with Crippen LogP contribution in [-0.2, 0) is 4.79 Å². The zero-order valence-corrected chi connectivity index (χ0v) is 6.13. The molecule has 0 aliphatic carbocycles. The van der Waals surface area contributed by atoms with Crippen molar-refractivity contribution in [3.05, 3.63) is 24.3 Å². The third-order valence-electron chi connectivity index (χ3n) is 0.998. The Kier molecular flexibility index (Phi) is 4.29. The molecule has 0 aromatic heterocycles. The second-order valence-corrected chi connectivity index (χ2v) is 2.24. The molecule has 0 aliphatic rings. The van der Waals surface area contributed by atoms with Gasteiger partial charge in [-0.1, -0.05) is 11.6 Å². The Bertz CT molecular complexity index is 157. The Labute approximate surface area is 60.9 Å². The van der Waals surface area contributed by atoms with Crippen LogP contribution in [-0.4, -0.2) is 11.1 Å². The summed E-state index contributed by atoms with van der Waals surface area (Å²) in [4.78, 5) is 9.93. The standard InChI is InChI=1S/C8H12O2/c1-7(2)5-3-4-6-8(9)10/h4,6H,1,3,5H2,2H3,(H,9,10)/b6-4+. The van der Waals surface area contributed by atoms with Crippen molar-refractivity contribution in [3.8, 4) is 0 Å². The van der Waals surface area contributed by atoms with Crippen LogP contribution in [0.4, 0.5) is 0 Å². The van der Waals surface area contributed by atoms with Gasteiger partial charge in [-0.25, -0.2) is 4.79 Å². The number of carboxylic acid groups (broad SMARTS) is 1. The number of carbonyl (C=O) groups is 1. The first-order chi connectivity index (χ1) is 4.63. The molecule has 2 heteroatoms. The molecule has 0 saturated heterocycles. The number of rotatable bonds is 4. The summed E-state index contributed by atoms with van der Waals surface area (Å²) in [5.41, 5.74) is 1.08. The monoisotopic (exact) mass is 140 g/mol. The maximum absolute atomic E-state index is 9.93. The van der Waals surface area contributed by atoms with E-state index in [9.17, 15) is 4.79 Å². The van der Waals surface area contributed by atoms with Crippen molar-refractivity contribution in [2.24, 2.45) is 0 Å². The van der Waals surface area contributed by atoms with Crippen molar-refractivity contribution in [1.29, 1.82) is 0 Å². The summed E-state index contributed by atoms with van der Waals surface area (Å²) in [6, 6.07) is 0. The predicted molar refractivity (Wildman–Crippen MR) is 40.8 cm³/mol. The van der Waals surface area contributed by atoms with Gasteiger partial charge in [0.05, 0.1) is 0 Å². The van der Waals surface area contributed by atoms with Gasteiger partial charge in [-0.05, 0) is 19.8 Å². The third kappa shape index (κ3) is 6.95. The highest BCUT2D eigenvalue weighted by molar-refractivity contribution is 5.79. The van der Waals surface area contributed by atoms with Gasteiger partial charge >= 0.3 is 5.97 Å². The van der Waals surface area contributed by atoms with Crippen molar-refractivity contribution in [3.63, 3.8) is 0 Å². The van der Waals surface area contributed by atoms with Crippen LogP contribution in [0.2, 0.25) is 0 Å². The van der Waals surface area contributed by atoms with Gasteiger partial charge in [0, 0.05) is 6.08 Å². The molecule has 0 bridgehead atoms. The fraction of sp³-hybridized carbons (Fsp3) is 0.375. The maximum atomic E-state index is 9.93. The lowest BCUT2D eigenvalue weighted by Crippen LogP contribution is -1.85. The lowest BCUT2D eigenvalue weighted by molar-refractivity contribution is -0.131. The highest BCUT2D eigenvalue weighted by Crippen LogP contribution is 2.00. The molecule has 0 radical (unpaired) electrons. The Morgan fingerprint density at radius 1 is 1.70 bits per heavy atom. The van der Waals surface area contributed by atoms with E-state index in [1.807, 2.05) is 6.92 Å². The topological polar surface area (TPSA) is 37.3 Å². The SMILES string of the molecule is C=C(C)CC/C=C/C(=O)O. The molecule has 0 fully saturated rings. The van der Waals surface area contributed by atoms with E-state index >= 15 is 0 Å². The number of allylic oxidation sites excluding steroid dienone is 2. The van der Waals surface area contributed by atoms with Crippen LogP contribution in [0.1, 0.15) is 19.8 Å². The van der Waals surface area contributed by atoms with E-state index in [0.717, 1.165) is 24.5 Å². The average Bonchev–Trinajstić information content (AvgIpc) is 1.79. The van der Waals surface area contributed by atoms with E-state index in [0.29, 0.717) is 0 Å². The zero-order valence-electron chi connectivity index (χ0n) is 6.13. The minimum absolute atomic E-state index is 0.766. The summed E-state index contributed by atoms with van der Waals surface area (Å²) in [6.45, 7) is 5.62. The molecular weight excluding hydrogens is 128 g/mol. The highest BCUT2D eigenvalue weighted by Gasteiger charge is 1.85. The second-order valence-electron chi connectivity index (χ2n) is 2.24. The van der Waals surface area contributed by atoms with Crippen molar-refractivity contribution >= 4 is 5.97 Å². The van der Waals surface area contributed by atoms with E-state index in [-0.39, 0.29) is 0 Å². The van der Waals surface area contributed by atoms with Crippen LogP contribution in [0, 0.1) is 0 Å². The summed E-state index contributed by atoms with van der Waals surface area (Å²) < 4.78 is 0. The molecule has 0 rings (SSSR count). The van der Waals surface area contributed by atoms with Crippen molar-refractivity contribution < 1.29 is 9.90 Å². The van der Waals surface area contributed by atoms with E-state index < -0.39 is 5.97 Å². The average molecular weight is 140 g/mol. The first kappa shape index (κ1) is 8.95. The lowest BCUT2D eigenvalue weighted by Gasteiger charge is -1.90. The molecule has 0 aliphatic heterocycles. The van der Waals surface area contributed by atoms with E-state index in [1.165, 1.54) is 0 Å². The zero-order chi connectivity index (χ0) is 7.98. The van der Waals surface area contributed by atoms with Gasteiger partial charge in [0.25, 0.3) is 0 Å². The molecule has 1 N–H and O–H groups in total. The van der Waals surface area contributed by atoms with Crippen molar-refractivity contribution in [1.82, 2.24) is 0 Å². The molecule has 56 valence electrons. The maximum Gasteiger partial charge on any atom is 0.327 e. The smallest absolute Gasteiger partial charge is 0.327 e. The molecule has 0 aromatic carbocycles. The minimum Gasteiger partial charge on any atom is -0.478 e. The fourth-order valence-electron chi connectivity index (χ4n) is 0.514.